The third-order valence-electron chi connectivity index (χ3n) is 0.868. The molecule has 0 amide bonds. The molecule has 1 heterocycles. The molecule has 0 aromatic carbocycles. The largest absolute Gasteiger partial charge is 0.323 e. The molecule has 0 aliphatic rings. The predicted molar refractivity (Wildman–Crippen MR) is 27.1 cm³/mol. The van der Waals surface area contributed by atoms with Gasteiger partial charge in [-0.15, -0.1) is 0 Å². The summed E-state index contributed by atoms with van der Waals surface area (Å²) in [5.41, 5.74) is 0.972. The minimum Gasteiger partial charge on any atom is -0.323 e. The van der Waals surface area contributed by atoms with Crippen LogP contribution >= 0.6 is 0 Å². The van der Waals surface area contributed by atoms with Crippen LogP contribution in [0.5, 0.6) is 0 Å². The van der Waals surface area contributed by atoms with Crippen LogP contribution in [0.4, 0.5) is 0 Å². The molecule has 0 saturated carbocycles. The lowest BCUT2D eigenvalue weighted by Gasteiger charge is -1.87. The van der Waals surface area contributed by atoms with Crippen molar-refractivity contribution in [2.45, 2.75) is 6.92 Å². The van der Waals surface area contributed by atoms with Crippen molar-refractivity contribution in [2.24, 2.45) is 0 Å². The van der Waals surface area contributed by atoms with E-state index in [2.05, 4.69) is 5.10 Å². The first-order chi connectivity index (χ1) is 3.30. The van der Waals surface area contributed by atoms with E-state index in [0.717, 1.165) is 5.69 Å². The molecular formula is C4H7N3. The SMILES string of the molecule is Cc1ccnn1N. The van der Waals surface area contributed by atoms with Gasteiger partial charge in [-0.2, -0.15) is 9.89 Å². The van der Waals surface area contributed by atoms with Crippen molar-refractivity contribution >= 4 is 0 Å². The van der Waals surface area contributed by atoms with Crippen molar-refractivity contribution < 1.29 is 0 Å². The number of aromatic nitrogens is 2. The highest BCUT2D eigenvalue weighted by molar-refractivity contribution is 4.95. The zero-order valence-corrected chi connectivity index (χ0v) is 4.13. The van der Waals surface area contributed by atoms with E-state index < -0.39 is 0 Å². The Labute approximate surface area is 41.7 Å². The molecule has 1 aromatic heterocycles. The van der Waals surface area contributed by atoms with Crippen molar-refractivity contribution in [3.05, 3.63) is 18.0 Å². The summed E-state index contributed by atoms with van der Waals surface area (Å²) in [6, 6.07) is 1.85. The molecule has 38 valence electrons. The predicted octanol–water partition coefficient (Wildman–Crippen LogP) is -0.0947. The molecule has 0 aliphatic heterocycles. The molecule has 1 aromatic rings. The maximum Gasteiger partial charge on any atom is 0.0586 e. The van der Waals surface area contributed by atoms with E-state index in [1.54, 1.807) is 6.20 Å². The van der Waals surface area contributed by atoms with Crippen LogP contribution in [0.2, 0.25) is 0 Å². The van der Waals surface area contributed by atoms with Crippen molar-refractivity contribution in [1.29, 1.82) is 0 Å². The van der Waals surface area contributed by atoms with E-state index in [4.69, 9.17) is 5.84 Å². The normalized spacial score (nSPS) is 9.29. The van der Waals surface area contributed by atoms with Gasteiger partial charge in [0.15, 0.2) is 0 Å². The second kappa shape index (κ2) is 1.26. The van der Waals surface area contributed by atoms with Crippen LogP contribution in [0.15, 0.2) is 12.3 Å². The lowest BCUT2D eigenvalue weighted by atomic mass is 10.5. The number of nitrogens with zero attached hydrogens (tertiary/aromatic N) is 2. The van der Waals surface area contributed by atoms with Crippen LogP contribution in [0.25, 0.3) is 0 Å². The summed E-state index contributed by atoms with van der Waals surface area (Å²) in [4.78, 5) is 1.33. The van der Waals surface area contributed by atoms with Crippen LogP contribution in [0, 0.1) is 6.92 Å². The van der Waals surface area contributed by atoms with Crippen LogP contribution in [-0.2, 0) is 0 Å². The van der Waals surface area contributed by atoms with Crippen LogP contribution in [0.1, 0.15) is 5.69 Å². The van der Waals surface area contributed by atoms with Gasteiger partial charge in [-0.1, -0.05) is 0 Å². The molecular weight excluding hydrogens is 90.1 g/mol. The van der Waals surface area contributed by atoms with E-state index in [0.29, 0.717) is 0 Å². The Morgan fingerprint density at radius 3 is 2.71 bits per heavy atom. The molecule has 0 fully saturated rings. The van der Waals surface area contributed by atoms with E-state index in [1.807, 2.05) is 13.0 Å². The first-order valence-electron chi connectivity index (χ1n) is 2.06. The summed E-state index contributed by atoms with van der Waals surface area (Å²) in [5.74, 6) is 5.25. The zero-order valence-electron chi connectivity index (χ0n) is 4.13. The van der Waals surface area contributed by atoms with Crippen LogP contribution in [-0.4, -0.2) is 9.89 Å². The summed E-state index contributed by atoms with van der Waals surface area (Å²) in [5, 5.41) is 3.71. The van der Waals surface area contributed by atoms with Gasteiger partial charge in [-0.25, -0.2) is 0 Å². The number of nitrogens with two attached hydrogens (primary N) is 1. The third kappa shape index (κ3) is 0.559. The van der Waals surface area contributed by atoms with Crippen molar-refractivity contribution in [3.8, 4) is 0 Å². The Balaban J connectivity index is 3.12. The van der Waals surface area contributed by atoms with Gasteiger partial charge in [0.05, 0.1) is 11.9 Å². The number of rotatable bonds is 0. The molecule has 7 heavy (non-hydrogen) atoms. The van der Waals surface area contributed by atoms with Crippen LogP contribution < -0.4 is 5.84 Å². The number of hydrogen-bond acceptors (Lipinski definition) is 2. The average molecular weight is 97.1 g/mol. The Morgan fingerprint density at radius 1 is 1.86 bits per heavy atom. The number of nitrogen functional groups attached to an aromatic ring is 1. The van der Waals surface area contributed by atoms with Gasteiger partial charge in [0, 0.05) is 0 Å². The highest BCUT2D eigenvalue weighted by Crippen LogP contribution is 1.86. The lowest BCUT2D eigenvalue weighted by molar-refractivity contribution is 0.800. The summed E-state index contributed by atoms with van der Waals surface area (Å²) >= 11 is 0. The van der Waals surface area contributed by atoms with Crippen molar-refractivity contribution in [1.82, 2.24) is 9.89 Å². The van der Waals surface area contributed by atoms with Gasteiger partial charge >= 0.3 is 0 Å². The topological polar surface area (TPSA) is 43.8 Å². The summed E-state index contributed by atoms with van der Waals surface area (Å²) < 4.78 is 0. The smallest absolute Gasteiger partial charge is 0.0586 e. The first-order valence-corrected chi connectivity index (χ1v) is 2.06. The minimum atomic E-state index is 0.972. The van der Waals surface area contributed by atoms with Gasteiger partial charge in [0.1, 0.15) is 0 Å². The standard InChI is InChI=1S/C4H7N3/c1-4-2-3-6-7(4)5/h2-3H,5H2,1H3. The fourth-order valence-electron chi connectivity index (χ4n) is 0.380. The molecule has 3 nitrogen and oxygen atoms in total. The fraction of sp³-hybridized carbons (Fsp3) is 0.250. The summed E-state index contributed by atoms with van der Waals surface area (Å²) in [7, 11) is 0. The molecule has 0 atom stereocenters. The molecule has 0 saturated heterocycles. The van der Waals surface area contributed by atoms with Gasteiger partial charge in [-0.3, -0.25) is 0 Å². The third-order valence-corrected chi connectivity index (χ3v) is 0.868. The van der Waals surface area contributed by atoms with Gasteiger partial charge in [0.2, 0.25) is 0 Å². The Morgan fingerprint density at radius 2 is 2.57 bits per heavy atom. The Hall–Kier alpha value is -0.990. The highest BCUT2D eigenvalue weighted by atomic mass is 15.5. The van der Waals surface area contributed by atoms with E-state index >= 15 is 0 Å². The van der Waals surface area contributed by atoms with Crippen LogP contribution in [0.3, 0.4) is 0 Å². The molecule has 0 spiro atoms. The Kier molecular flexibility index (Phi) is 0.749. The quantitative estimate of drug-likeness (QED) is 0.459. The molecule has 0 bridgehead atoms. The monoisotopic (exact) mass is 97.1 g/mol. The molecule has 2 N–H and O–H groups in total. The van der Waals surface area contributed by atoms with E-state index in [1.165, 1.54) is 4.79 Å². The number of hydrogen-bond donors (Lipinski definition) is 1. The molecule has 0 aliphatic carbocycles. The molecule has 3 heteroatoms. The van der Waals surface area contributed by atoms with E-state index in [-0.39, 0.29) is 0 Å². The fourth-order valence-corrected chi connectivity index (χ4v) is 0.380. The summed E-state index contributed by atoms with van der Waals surface area (Å²) in [6.45, 7) is 1.90. The van der Waals surface area contributed by atoms with Gasteiger partial charge < -0.3 is 5.84 Å². The van der Waals surface area contributed by atoms with Crippen molar-refractivity contribution in [2.75, 3.05) is 5.84 Å². The number of aryl methyl sites for hydroxylation is 1. The highest BCUT2D eigenvalue weighted by Gasteiger charge is 1.84. The maximum absolute atomic E-state index is 5.25. The summed E-state index contributed by atoms with van der Waals surface area (Å²) in [6.07, 6.45) is 1.66. The van der Waals surface area contributed by atoms with Gasteiger partial charge in [0.25, 0.3) is 0 Å². The zero-order chi connectivity index (χ0) is 5.28. The van der Waals surface area contributed by atoms with Gasteiger partial charge in [-0.05, 0) is 13.0 Å². The molecule has 1 rings (SSSR count). The average Bonchev–Trinajstić information content (AvgIpc) is 1.91. The minimum absolute atomic E-state index is 0.972. The molecule has 0 unspecified atom stereocenters. The maximum atomic E-state index is 5.25. The molecule has 0 radical (unpaired) electrons. The second-order valence-corrected chi connectivity index (χ2v) is 1.42. The van der Waals surface area contributed by atoms with Crippen molar-refractivity contribution in [3.63, 3.8) is 0 Å². The van der Waals surface area contributed by atoms with E-state index in [9.17, 15) is 0 Å². The Bertz CT molecular complexity index is 139. The lowest BCUT2D eigenvalue weighted by Crippen LogP contribution is -2.10. The second-order valence-electron chi connectivity index (χ2n) is 1.42. The first kappa shape index (κ1) is 4.18.